The molecule has 2 aliphatic heterocycles. The van der Waals surface area contributed by atoms with Gasteiger partial charge in [0.25, 0.3) is 10.0 Å². The molecule has 3 aromatic carbocycles. The molecule has 2 heterocycles. The fourth-order valence-corrected chi connectivity index (χ4v) is 5.02. The third-order valence-corrected chi connectivity index (χ3v) is 7.07. The number of nitrogens with one attached hydrogen (secondary N) is 1. The number of benzene rings is 3. The zero-order chi connectivity index (χ0) is 23.7. The molecule has 0 aromatic heterocycles. The highest BCUT2D eigenvalue weighted by Crippen LogP contribution is 2.33. The molecule has 1 fully saturated rings. The Morgan fingerprint density at radius 2 is 1.65 bits per heavy atom. The molecule has 2 amide bonds. The molecule has 1 N–H and O–H groups in total. The highest BCUT2D eigenvalue weighted by Gasteiger charge is 2.27. The van der Waals surface area contributed by atoms with E-state index >= 15 is 0 Å². The van der Waals surface area contributed by atoms with Crippen molar-refractivity contribution in [3.05, 3.63) is 78.1 Å². The number of nitrogens with zero attached hydrogens (tertiary/aromatic N) is 2. The Labute approximate surface area is 196 Å². The Hall–Kier alpha value is -3.79. The number of ether oxygens (including phenoxy) is 2. The average molecular weight is 484 g/mol. The standard InChI is InChI=1S/C24H22FN3O5S/c25-18-3-9-21(10-4-18)34(30,31)26-19-5-7-20(8-6-19)28-13-1-12-27(24(28)29)15-17-2-11-22-23(14-17)33-16-32-22/h2-11,14,26H,1,12-13,15-16H2. The Bertz CT molecular complexity index is 1310. The Balaban J connectivity index is 1.27. The van der Waals surface area contributed by atoms with Crippen molar-refractivity contribution in [1.29, 1.82) is 0 Å². The van der Waals surface area contributed by atoms with Gasteiger partial charge in [-0.1, -0.05) is 6.07 Å². The molecule has 2 aliphatic rings. The van der Waals surface area contributed by atoms with Crippen LogP contribution in [0.5, 0.6) is 11.5 Å². The number of hydrogen-bond acceptors (Lipinski definition) is 5. The molecule has 5 rings (SSSR count). The maximum absolute atomic E-state index is 13.1. The van der Waals surface area contributed by atoms with E-state index in [2.05, 4.69) is 4.72 Å². The van der Waals surface area contributed by atoms with E-state index in [1.54, 1.807) is 34.1 Å². The topological polar surface area (TPSA) is 88.2 Å². The van der Waals surface area contributed by atoms with Gasteiger partial charge < -0.3 is 14.4 Å². The van der Waals surface area contributed by atoms with Crippen LogP contribution in [-0.2, 0) is 16.6 Å². The molecule has 34 heavy (non-hydrogen) atoms. The van der Waals surface area contributed by atoms with Crippen molar-refractivity contribution in [1.82, 2.24) is 4.90 Å². The van der Waals surface area contributed by atoms with Gasteiger partial charge in [-0.15, -0.1) is 0 Å². The minimum Gasteiger partial charge on any atom is -0.454 e. The number of amides is 2. The maximum Gasteiger partial charge on any atom is 0.324 e. The van der Waals surface area contributed by atoms with Crippen LogP contribution in [-0.4, -0.2) is 39.2 Å². The summed E-state index contributed by atoms with van der Waals surface area (Å²) in [6.07, 6.45) is 0.801. The lowest BCUT2D eigenvalue weighted by atomic mass is 10.1. The molecule has 3 aromatic rings. The van der Waals surface area contributed by atoms with Crippen molar-refractivity contribution >= 4 is 27.4 Å². The Kier molecular flexibility index (Phi) is 5.74. The van der Waals surface area contributed by atoms with Crippen LogP contribution in [0.4, 0.5) is 20.6 Å². The maximum atomic E-state index is 13.1. The lowest BCUT2D eigenvalue weighted by molar-refractivity contribution is 0.173. The number of hydrogen-bond donors (Lipinski definition) is 1. The van der Waals surface area contributed by atoms with E-state index in [9.17, 15) is 17.6 Å². The second-order valence-corrected chi connectivity index (χ2v) is 9.69. The summed E-state index contributed by atoms with van der Waals surface area (Å²) in [7, 11) is -3.85. The van der Waals surface area contributed by atoms with Crippen LogP contribution in [0.2, 0.25) is 0 Å². The SMILES string of the molecule is O=C1N(Cc2ccc3c(c2)OCO3)CCCN1c1ccc(NS(=O)(=O)c2ccc(F)cc2)cc1. The minimum atomic E-state index is -3.85. The highest BCUT2D eigenvalue weighted by molar-refractivity contribution is 7.92. The summed E-state index contributed by atoms with van der Waals surface area (Å²) in [5.41, 5.74) is 1.96. The molecule has 0 spiro atoms. The monoisotopic (exact) mass is 483 g/mol. The number of carbonyl (C=O) groups excluding carboxylic acids is 1. The van der Waals surface area contributed by atoms with Crippen molar-refractivity contribution in [2.45, 2.75) is 17.9 Å². The fourth-order valence-electron chi connectivity index (χ4n) is 3.96. The van der Waals surface area contributed by atoms with Crippen molar-refractivity contribution in [3.8, 4) is 11.5 Å². The summed E-state index contributed by atoms with van der Waals surface area (Å²) in [4.78, 5) is 16.6. The molecule has 176 valence electrons. The second-order valence-electron chi connectivity index (χ2n) is 8.00. The lowest BCUT2D eigenvalue weighted by Gasteiger charge is -2.35. The number of anilines is 2. The highest BCUT2D eigenvalue weighted by atomic mass is 32.2. The minimum absolute atomic E-state index is 0.0386. The summed E-state index contributed by atoms with van der Waals surface area (Å²) in [5, 5.41) is 0. The van der Waals surface area contributed by atoms with E-state index in [4.69, 9.17) is 9.47 Å². The number of fused-ring (bicyclic) bond motifs is 1. The largest absolute Gasteiger partial charge is 0.454 e. The van der Waals surface area contributed by atoms with Gasteiger partial charge >= 0.3 is 6.03 Å². The first-order valence-corrected chi connectivity index (χ1v) is 12.2. The molecule has 8 nitrogen and oxygen atoms in total. The summed E-state index contributed by atoms with van der Waals surface area (Å²) in [6, 6.07) is 16.7. The van der Waals surface area contributed by atoms with E-state index in [-0.39, 0.29) is 17.7 Å². The number of halogens is 1. The summed E-state index contributed by atoms with van der Waals surface area (Å²) in [6.45, 7) is 1.85. The van der Waals surface area contributed by atoms with Crippen LogP contribution in [0.1, 0.15) is 12.0 Å². The van der Waals surface area contributed by atoms with Crippen LogP contribution < -0.4 is 19.1 Å². The van der Waals surface area contributed by atoms with Crippen LogP contribution in [0.3, 0.4) is 0 Å². The van der Waals surface area contributed by atoms with E-state index in [0.717, 1.165) is 24.1 Å². The van der Waals surface area contributed by atoms with Gasteiger partial charge in [0.05, 0.1) is 4.90 Å². The van der Waals surface area contributed by atoms with Gasteiger partial charge in [-0.05, 0) is 72.6 Å². The molecule has 0 radical (unpaired) electrons. The van der Waals surface area contributed by atoms with Gasteiger partial charge in [0.1, 0.15) is 5.82 Å². The van der Waals surface area contributed by atoms with Crippen molar-refractivity contribution < 1.29 is 27.1 Å². The van der Waals surface area contributed by atoms with Gasteiger partial charge in [0.15, 0.2) is 11.5 Å². The number of urea groups is 1. The summed E-state index contributed by atoms with van der Waals surface area (Å²) in [5.74, 6) is 0.866. The zero-order valence-corrected chi connectivity index (χ0v) is 18.9. The number of rotatable bonds is 6. The number of carbonyl (C=O) groups is 1. The lowest BCUT2D eigenvalue weighted by Crippen LogP contribution is -2.49. The van der Waals surface area contributed by atoms with Gasteiger partial charge in [-0.3, -0.25) is 9.62 Å². The first-order chi connectivity index (χ1) is 16.4. The van der Waals surface area contributed by atoms with E-state index in [1.807, 2.05) is 18.2 Å². The average Bonchev–Trinajstić information content (AvgIpc) is 3.29. The molecular weight excluding hydrogens is 461 g/mol. The zero-order valence-electron chi connectivity index (χ0n) is 18.1. The molecule has 0 atom stereocenters. The van der Waals surface area contributed by atoms with Crippen LogP contribution in [0.25, 0.3) is 0 Å². The van der Waals surface area contributed by atoms with Gasteiger partial charge in [0, 0.05) is 31.0 Å². The summed E-state index contributed by atoms with van der Waals surface area (Å²) < 4.78 is 51.4. The van der Waals surface area contributed by atoms with Gasteiger partial charge in [-0.25, -0.2) is 17.6 Å². The van der Waals surface area contributed by atoms with Gasteiger partial charge in [-0.2, -0.15) is 0 Å². The third-order valence-electron chi connectivity index (χ3n) is 5.68. The second kappa shape index (κ2) is 8.86. The van der Waals surface area contributed by atoms with Crippen molar-refractivity contribution in [2.75, 3.05) is 29.5 Å². The third kappa shape index (κ3) is 4.49. The molecule has 0 aliphatic carbocycles. The predicted octanol–water partition coefficient (Wildman–Crippen LogP) is 4.19. The molecule has 0 bridgehead atoms. The first-order valence-electron chi connectivity index (χ1n) is 10.7. The molecule has 0 saturated carbocycles. The van der Waals surface area contributed by atoms with Crippen LogP contribution in [0, 0.1) is 5.82 Å². The van der Waals surface area contributed by atoms with Crippen LogP contribution in [0.15, 0.2) is 71.6 Å². The quantitative estimate of drug-likeness (QED) is 0.568. The first kappa shape index (κ1) is 22.0. The normalized spacial score (nSPS) is 15.5. The van der Waals surface area contributed by atoms with Gasteiger partial charge in [0.2, 0.25) is 6.79 Å². The molecule has 1 saturated heterocycles. The van der Waals surface area contributed by atoms with E-state index in [1.165, 1.54) is 12.1 Å². The Morgan fingerprint density at radius 1 is 0.912 bits per heavy atom. The predicted molar refractivity (Wildman–Crippen MR) is 124 cm³/mol. The number of sulfonamides is 1. The van der Waals surface area contributed by atoms with Crippen molar-refractivity contribution in [3.63, 3.8) is 0 Å². The van der Waals surface area contributed by atoms with Crippen molar-refractivity contribution in [2.24, 2.45) is 0 Å². The Morgan fingerprint density at radius 3 is 2.41 bits per heavy atom. The molecule has 10 heteroatoms. The summed E-state index contributed by atoms with van der Waals surface area (Å²) >= 11 is 0. The van der Waals surface area contributed by atoms with E-state index < -0.39 is 15.8 Å². The molecule has 0 unspecified atom stereocenters. The van der Waals surface area contributed by atoms with E-state index in [0.29, 0.717) is 42.5 Å². The fraction of sp³-hybridized carbons (Fsp3) is 0.208. The van der Waals surface area contributed by atoms with Crippen LogP contribution >= 0.6 is 0 Å². The smallest absolute Gasteiger partial charge is 0.324 e. The molecular formula is C24H22FN3O5S.